The van der Waals surface area contributed by atoms with Crippen molar-refractivity contribution in [2.75, 3.05) is 6.61 Å². The van der Waals surface area contributed by atoms with Crippen LogP contribution in [0.4, 0.5) is 0 Å². The van der Waals surface area contributed by atoms with E-state index in [4.69, 9.17) is 18.9 Å². The molecular formula is C42H72O13. The molecule has 0 amide bonds. The number of aliphatic hydroxyl groups excluding tert-OH is 8. The third-order valence-electron chi connectivity index (χ3n) is 16.5. The van der Waals surface area contributed by atoms with Gasteiger partial charge in [-0.2, -0.15) is 0 Å². The molecule has 6 rings (SSSR count). The van der Waals surface area contributed by atoms with E-state index in [0.717, 1.165) is 19.3 Å². The first-order valence-electron chi connectivity index (χ1n) is 20.8. The van der Waals surface area contributed by atoms with Gasteiger partial charge in [0.2, 0.25) is 0 Å². The first-order chi connectivity index (χ1) is 25.5. The number of hydrogen-bond donors (Lipinski definition) is 9. The van der Waals surface area contributed by atoms with Gasteiger partial charge in [0.15, 0.2) is 12.6 Å². The molecule has 2 heterocycles. The van der Waals surface area contributed by atoms with Gasteiger partial charge in [0, 0.05) is 0 Å². The van der Waals surface area contributed by atoms with Crippen LogP contribution in [0.15, 0.2) is 11.6 Å². The molecule has 13 nitrogen and oxygen atoms in total. The van der Waals surface area contributed by atoms with Gasteiger partial charge in [-0.1, -0.05) is 46.3 Å². The molecule has 4 saturated carbocycles. The predicted molar refractivity (Wildman–Crippen MR) is 201 cm³/mol. The zero-order chi connectivity index (χ0) is 40.8. The minimum Gasteiger partial charge on any atom is -0.394 e. The number of hydrogen-bond acceptors (Lipinski definition) is 13. The molecule has 0 unspecified atom stereocenters. The summed E-state index contributed by atoms with van der Waals surface area (Å²) in [5.74, 6) is -0.526. The highest BCUT2D eigenvalue weighted by Gasteiger charge is 2.73. The second-order valence-electron chi connectivity index (χ2n) is 20.3. The van der Waals surface area contributed by atoms with E-state index in [2.05, 4.69) is 40.7 Å². The molecule has 318 valence electrons. The molecule has 55 heavy (non-hydrogen) atoms. The Morgan fingerprint density at radius 2 is 1.49 bits per heavy atom. The van der Waals surface area contributed by atoms with Crippen molar-refractivity contribution in [1.29, 1.82) is 0 Å². The van der Waals surface area contributed by atoms with Crippen LogP contribution < -0.4 is 0 Å². The topological polar surface area (TPSA) is 219 Å². The van der Waals surface area contributed by atoms with Gasteiger partial charge in [-0.05, 0) is 124 Å². The lowest BCUT2D eigenvalue weighted by Gasteiger charge is -2.72. The number of allylic oxidation sites excluding steroid dienone is 2. The van der Waals surface area contributed by atoms with Crippen molar-refractivity contribution in [3.05, 3.63) is 11.6 Å². The predicted octanol–water partition coefficient (Wildman–Crippen LogP) is 2.15. The fourth-order valence-electron chi connectivity index (χ4n) is 13.3. The van der Waals surface area contributed by atoms with E-state index in [9.17, 15) is 46.0 Å². The molecular weight excluding hydrogens is 712 g/mol. The van der Waals surface area contributed by atoms with Crippen LogP contribution in [-0.2, 0) is 18.9 Å². The Bertz CT molecular complexity index is 1390. The number of aliphatic hydroxyl groups is 9. The average molecular weight is 785 g/mol. The average Bonchev–Trinajstić information content (AvgIpc) is 3.49. The minimum atomic E-state index is -1.70. The van der Waals surface area contributed by atoms with Gasteiger partial charge in [-0.15, -0.1) is 0 Å². The van der Waals surface area contributed by atoms with Gasteiger partial charge < -0.3 is 64.9 Å². The Kier molecular flexibility index (Phi) is 12.2. The second-order valence-corrected chi connectivity index (χ2v) is 20.3. The maximum absolute atomic E-state index is 12.3. The molecule has 9 N–H and O–H groups in total. The number of ether oxygens (including phenoxy) is 4. The molecule has 2 saturated heterocycles. The van der Waals surface area contributed by atoms with Crippen LogP contribution in [0.1, 0.15) is 114 Å². The zero-order valence-electron chi connectivity index (χ0n) is 34.4. The first-order valence-corrected chi connectivity index (χ1v) is 20.8. The number of fused-ring (bicyclic) bond motifs is 5. The summed E-state index contributed by atoms with van der Waals surface area (Å²) in [6.45, 7) is 17.8. The van der Waals surface area contributed by atoms with Crippen molar-refractivity contribution in [2.24, 2.45) is 45.3 Å². The lowest BCUT2D eigenvalue weighted by molar-refractivity contribution is -0.382. The largest absolute Gasteiger partial charge is 0.394 e. The molecule has 2 aliphatic heterocycles. The van der Waals surface area contributed by atoms with Crippen LogP contribution >= 0.6 is 0 Å². The molecule has 0 aromatic carbocycles. The third kappa shape index (κ3) is 7.10. The zero-order valence-corrected chi connectivity index (χ0v) is 34.4. The van der Waals surface area contributed by atoms with Crippen molar-refractivity contribution in [2.45, 2.75) is 199 Å². The minimum absolute atomic E-state index is 0.0411. The molecule has 6 aliphatic rings. The van der Waals surface area contributed by atoms with E-state index in [1.54, 1.807) is 0 Å². The van der Waals surface area contributed by atoms with E-state index in [-0.39, 0.29) is 23.7 Å². The standard InChI is InChI=1S/C42H72O13/c1-20(2)11-10-14-42(9,51)22-12-16-40(7)28(22)23(44)17-26-39(6)15-13-27(45)38(4,5)35(39)24(18-41(26,40)8)53-37-34(32(49)30(47)25(19-43)54-37)55-36-33(50)31(48)29(46)21(3)52-36/h11,21-37,43-51H,10,12-19H2,1-9H3/t21-,22-,23+,24-,25+,26+,27-,28-,29-,30+,31+,32-,33+,34+,35-,36-,37+,39+,40+,41+,42-/m1/s1. The molecule has 4 aliphatic carbocycles. The van der Waals surface area contributed by atoms with Gasteiger partial charge in [-0.3, -0.25) is 0 Å². The molecule has 0 bridgehead atoms. The van der Waals surface area contributed by atoms with Crippen molar-refractivity contribution in [1.82, 2.24) is 0 Å². The summed E-state index contributed by atoms with van der Waals surface area (Å²) in [7, 11) is 0. The van der Waals surface area contributed by atoms with E-state index < -0.39 is 114 Å². The summed E-state index contributed by atoms with van der Waals surface area (Å²) in [6.07, 6.45) is -8.99. The van der Waals surface area contributed by atoms with E-state index in [1.165, 1.54) is 12.5 Å². The van der Waals surface area contributed by atoms with Crippen LogP contribution in [0.2, 0.25) is 0 Å². The van der Waals surface area contributed by atoms with Gasteiger partial charge in [0.1, 0.15) is 42.7 Å². The Labute approximate surface area is 327 Å². The van der Waals surface area contributed by atoms with E-state index >= 15 is 0 Å². The smallest absolute Gasteiger partial charge is 0.187 e. The van der Waals surface area contributed by atoms with Crippen LogP contribution in [-0.4, -0.2) is 138 Å². The highest BCUT2D eigenvalue weighted by atomic mass is 16.8. The van der Waals surface area contributed by atoms with Gasteiger partial charge in [0.25, 0.3) is 0 Å². The summed E-state index contributed by atoms with van der Waals surface area (Å²) < 4.78 is 25.1. The Hall–Kier alpha value is -0.780. The molecule has 0 radical (unpaired) electrons. The van der Waals surface area contributed by atoms with Crippen molar-refractivity contribution < 1.29 is 64.9 Å². The molecule has 6 fully saturated rings. The molecule has 13 heteroatoms. The quantitative estimate of drug-likeness (QED) is 0.121. The van der Waals surface area contributed by atoms with Crippen molar-refractivity contribution >= 4 is 0 Å². The fraction of sp³-hybridized carbons (Fsp3) is 0.952. The fourth-order valence-corrected chi connectivity index (χ4v) is 13.3. The normalized spacial score (nSPS) is 53.4. The maximum atomic E-state index is 12.3. The van der Waals surface area contributed by atoms with Gasteiger partial charge >= 0.3 is 0 Å². The summed E-state index contributed by atoms with van der Waals surface area (Å²) >= 11 is 0. The van der Waals surface area contributed by atoms with Crippen LogP contribution in [0, 0.1) is 45.3 Å². The van der Waals surface area contributed by atoms with Crippen molar-refractivity contribution in [3.63, 3.8) is 0 Å². The summed E-state index contributed by atoms with van der Waals surface area (Å²) in [6, 6.07) is 0. The van der Waals surface area contributed by atoms with Gasteiger partial charge in [-0.25, -0.2) is 0 Å². The SMILES string of the molecule is CC(C)=CCC[C@@](C)(O)[C@@H]1CC[C@@]2(C)[C@H]1[C@@H](O)C[C@H]1[C@]3(C)CC[C@@H](O)C(C)(C)[C@H]3[C@H](O[C@H]3O[C@@H](CO)[C@H](O)[C@@H](O)[C@@H]3O[C@H]3O[C@H](C)[C@@H](O)[C@H](O)[C@@H]3O)C[C@@]12C. The van der Waals surface area contributed by atoms with E-state index in [1.807, 2.05) is 20.8 Å². The van der Waals surface area contributed by atoms with Crippen LogP contribution in [0.5, 0.6) is 0 Å². The Morgan fingerprint density at radius 3 is 2.13 bits per heavy atom. The number of rotatable bonds is 9. The maximum Gasteiger partial charge on any atom is 0.187 e. The summed E-state index contributed by atoms with van der Waals surface area (Å²) in [5, 5.41) is 100. The van der Waals surface area contributed by atoms with Gasteiger partial charge in [0.05, 0.1) is 36.6 Å². The Balaban J connectivity index is 1.38. The molecule has 0 aromatic rings. The lowest BCUT2D eigenvalue weighted by atomic mass is 9.34. The molecule has 0 spiro atoms. The third-order valence-corrected chi connectivity index (χ3v) is 16.5. The Morgan fingerprint density at radius 1 is 0.818 bits per heavy atom. The highest BCUT2D eigenvalue weighted by molar-refractivity contribution is 5.22. The first kappa shape index (κ1) is 43.8. The van der Waals surface area contributed by atoms with Crippen molar-refractivity contribution in [3.8, 4) is 0 Å². The van der Waals surface area contributed by atoms with Crippen LogP contribution in [0.25, 0.3) is 0 Å². The van der Waals surface area contributed by atoms with E-state index in [0.29, 0.717) is 32.1 Å². The summed E-state index contributed by atoms with van der Waals surface area (Å²) in [5.41, 5.74) is -1.71. The highest BCUT2D eigenvalue weighted by Crippen LogP contribution is 2.76. The monoisotopic (exact) mass is 784 g/mol. The lowest BCUT2D eigenvalue weighted by Crippen LogP contribution is -2.71. The second kappa shape index (κ2) is 15.4. The molecule has 0 aromatic heterocycles. The van der Waals surface area contributed by atoms with Crippen LogP contribution in [0.3, 0.4) is 0 Å². The molecule has 21 atom stereocenters. The summed E-state index contributed by atoms with van der Waals surface area (Å²) in [4.78, 5) is 0.